The normalized spacial score (nSPS) is 23.0. The zero-order valence-electron chi connectivity index (χ0n) is 16.9. The molecule has 0 spiro atoms. The second-order valence-corrected chi connectivity index (χ2v) is 8.83. The lowest BCUT2D eigenvalue weighted by molar-refractivity contribution is 0.249. The van der Waals surface area contributed by atoms with Crippen LogP contribution in [0.25, 0.3) is 11.0 Å². The van der Waals surface area contributed by atoms with E-state index in [0.717, 1.165) is 55.0 Å². The van der Waals surface area contributed by atoms with Gasteiger partial charge in [0.25, 0.3) is 0 Å². The molecule has 2 aromatic heterocycles. The molecule has 0 saturated carbocycles. The van der Waals surface area contributed by atoms with Gasteiger partial charge in [0, 0.05) is 36.8 Å². The van der Waals surface area contributed by atoms with E-state index in [9.17, 15) is 4.79 Å². The number of carbonyl (C=O) groups excluding carboxylic acids is 1. The molecule has 4 N–H and O–H groups in total. The Labute approximate surface area is 175 Å². The summed E-state index contributed by atoms with van der Waals surface area (Å²) < 4.78 is 2.42. The predicted octanol–water partition coefficient (Wildman–Crippen LogP) is 3.37. The lowest BCUT2D eigenvalue weighted by Crippen LogP contribution is -2.35. The van der Waals surface area contributed by atoms with Crippen molar-refractivity contribution in [2.45, 2.75) is 51.0 Å². The topological polar surface area (TPSA) is 97.9 Å². The third-order valence-corrected chi connectivity index (χ3v) is 7.04. The maximum absolute atomic E-state index is 12.1. The van der Waals surface area contributed by atoms with E-state index in [1.165, 1.54) is 29.5 Å². The number of hydrogen-bond acceptors (Lipinski definition) is 4. The van der Waals surface area contributed by atoms with Gasteiger partial charge in [-0.2, -0.15) is 0 Å². The van der Waals surface area contributed by atoms with Gasteiger partial charge in [0.2, 0.25) is 0 Å². The third-order valence-electron chi connectivity index (χ3n) is 7.04. The molecule has 1 aromatic carbocycles. The van der Waals surface area contributed by atoms with Crippen LogP contribution >= 0.6 is 0 Å². The van der Waals surface area contributed by atoms with Crippen molar-refractivity contribution in [3.63, 3.8) is 0 Å². The highest BCUT2D eigenvalue weighted by atomic mass is 16.2. The average Bonchev–Trinajstić information content (AvgIpc) is 3.12. The van der Waals surface area contributed by atoms with Crippen LogP contribution in [0, 0.1) is 5.92 Å². The summed E-state index contributed by atoms with van der Waals surface area (Å²) in [5.74, 6) is 2.47. The lowest BCUT2D eigenvalue weighted by Gasteiger charge is -2.34. The van der Waals surface area contributed by atoms with Crippen molar-refractivity contribution in [2.75, 3.05) is 17.6 Å². The van der Waals surface area contributed by atoms with Gasteiger partial charge in [0.1, 0.15) is 11.3 Å². The smallest absolute Gasteiger partial charge is 0.319 e. The molecule has 0 radical (unpaired) electrons. The quantitative estimate of drug-likeness (QED) is 0.537. The molecule has 1 aliphatic carbocycles. The Morgan fingerprint density at radius 2 is 2.07 bits per heavy atom. The van der Waals surface area contributed by atoms with E-state index in [1.807, 2.05) is 12.1 Å². The molecule has 7 heteroatoms. The number of aryl methyl sites for hydroxylation is 2. The van der Waals surface area contributed by atoms with Gasteiger partial charge >= 0.3 is 6.03 Å². The number of aromatic nitrogens is 3. The monoisotopic (exact) mass is 402 g/mol. The van der Waals surface area contributed by atoms with E-state index in [0.29, 0.717) is 24.2 Å². The van der Waals surface area contributed by atoms with Crippen molar-refractivity contribution in [2.24, 2.45) is 5.92 Å². The second-order valence-electron chi connectivity index (χ2n) is 8.83. The first-order chi connectivity index (χ1) is 14.7. The fraction of sp³-hybridized carbons (Fsp3) is 0.435. The first-order valence-electron chi connectivity index (χ1n) is 11.0. The van der Waals surface area contributed by atoms with Crippen molar-refractivity contribution >= 4 is 28.6 Å². The number of nitrogens with one attached hydrogen (secondary N) is 2. The summed E-state index contributed by atoms with van der Waals surface area (Å²) in [4.78, 5) is 21.8. The fourth-order valence-corrected chi connectivity index (χ4v) is 5.60. The second kappa shape index (κ2) is 6.72. The number of fused-ring (bicyclic) bond motifs is 9. The highest BCUT2D eigenvalue weighted by Gasteiger charge is 2.34. The van der Waals surface area contributed by atoms with Crippen LogP contribution in [0.2, 0.25) is 0 Å². The molecule has 2 unspecified atom stereocenters. The number of nitrogens with two attached hydrogens (primary N) is 1. The Balaban J connectivity index is 1.50. The molecule has 7 nitrogen and oxygen atoms in total. The average molecular weight is 403 g/mol. The molecule has 0 saturated heterocycles. The van der Waals surface area contributed by atoms with Gasteiger partial charge in [-0.25, -0.2) is 14.8 Å². The standard InChI is InChI=1S/C23H26N6O/c24-22-20-21(16-6-1-2-7-18(16)27-22)29-12-17-13-4-3-5-15(10-13)26-23(30)25-9-8-14(17)11-19(29)28-20/h3-5,10,14,17H,1-2,6-9,11-12H2,(H2,24,27)(H2,25,26,30). The Bertz CT molecular complexity index is 1170. The molecule has 2 atom stereocenters. The van der Waals surface area contributed by atoms with Crippen molar-refractivity contribution in [3.05, 3.63) is 46.9 Å². The Morgan fingerprint density at radius 3 is 3.00 bits per heavy atom. The van der Waals surface area contributed by atoms with Gasteiger partial charge in [-0.3, -0.25) is 0 Å². The van der Waals surface area contributed by atoms with Gasteiger partial charge in [-0.15, -0.1) is 0 Å². The fourth-order valence-electron chi connectivity index (χ4n) is 5.60. The summed E-state index contributed by atoms with van der Waals surface area (Å²) in [5, 5.41) is 5.93. The predicted molar refractivity (Wildman–Crippen MR) is 117 cm³/mol. The van der Waals surface area contributed by atoms with Gasteiger partial charge in [0.15, 0.2) is 5.82 Å². The zero-order chi connectivity index (χ0) is 20.2. The van der Waals surface area contributed by atoms with E-state index in [4.69, 9.17) is 15.7 Å². The number of nitrogens with zero attached hydrogens (tertiary/aromatic N) is 3. The molecule has 2 aliphatic heterocycles. The van der Waals surface area contributed by atoms with E-state index in [-0.39, 0.29) is 6.03 Å². The van der Waals surface area contributed by atoms with E-state index in [2.05, 4.69) is 27.3 Å². The van der Waals surface area contributed by atoms with Gasteiger partial charge in [-0.1, -0.05) is 12.1 Å². The van der Waals surface area contributed by atoms with Crippen molar-refractivity contribution in [1.29, 1.82) is 0 Å². The minimum absolute atomic E-state index is 0.140. The largest absolute Gasteiger partial charge is 0.382 e. The maximum Gasteiger partial charge on any atom is 0.319 e. The summed E-state index contributed by atoms with van der Waals surface area (Å²) in [7, 11) is 0. The Morgan fingerprint density at radius 1 is 1.17 bits per heavy atom. The molecular weight excluding hydrogens is 376 g/mol. The van der Waals surface area contributed by atoms with Crippen molar-refractivity contribution in [3.8, 4) is 0 Å². The van der Waals surface area contributed by atoms with Crippen LogP contribution in [-0.4, -0.2) is 27.1 Å². The Hall–Kier alpha value is -3.09. The van der Waals surface area contributed by atoms with Crippen LogP contribution in [0.1, 0.15) is 47.8 Å². The van der Waals surface area contributed by atoms with Crippen LogP contribution in [0.4, 0.5) is 16.3 Å². The first kappa shape index (κ1) is 17.7. The van der Waals surface area contributed by atoms with Crippen LogP contribution in [0.15, 0.2) is 24.3 Å². The summed E-state index contributed by atoms with van der Waals surface area (Å²) in [6, 6.07) is 8.16. The molecule has 6 rings (SSSR count). The third kappa shape index (κ3) is 2.75. The number of hydrogen-bond donors (Lipinski definition) is 3. The molecule has 30 heavy (non-hydrogen) atoms. The number of anilines is 2. The molecule has 0 fully saturated rings. The highest BCUT2D eigenvalue weighted by molar-refractivity contribution is 5.90. The molecule has 3 aliphatic rings. The summed E-state index contributed by atoms with van der Waals surface area (Å²) in [6.45, 7) is 1.56. The number of rotatable bonds is 0. The van der Waals surface area contributed by atoms with Crippen molar-refractivity contribution in [1.82, 2.24) is 19.9 Å². The van der Waals surface area contributed by atoms with Crippen LogP contribution < -0.4 is 16.4 Å². The van der Waals surface area contributed by atoms with E-state index in [1.54, 1.807) is 0 Å². The van der Waals surface area contributed by atoms with Crippen LogP contribution in [0.5, 0.6) is 0 Å². The maximum atomic E-state index is 12.1. The van der Waals surface area contributed by atoms with Gasteiger partial charge < -0.3 is 20.9 Å². The van der Waals surface area contributed by atoms with E-state index >= 15 is 0 Å². The lowest BCUT2D eigenvalue weighted by atomic mass is 9.79. The number of benzene rings is 1. The number of amides is 2. The van der Waals surface area contributed by atoms with Crippen molar-refractivity contribution < 1.29 is 4.79 Å². The molecule has 154 valence electrons. The summed E-state index contributed by atoms with van der Waals surface area (Å²) in [5.41, 5.74) is 13.1. The highest BCUT2D eigenvalue weighted by Crippen LogP contribution is 2.41. The minimum Gasteiger partial charge on any atom is -0.382 e. The summed E-state index contributed by atoms with van der Waals surface area (Å²) in [6.07, 6.45) is 6.27. The van der Waals surface area contributed by atoms with Gasteiger partial charge in [-0.05, 0) is 61.3 Å². The zero-order valence-corrected chi connectivity index (χ0v) is 16.9. The molecule has 3 aromatic rings. The number of pyridine rings is 1. The molecular formula is C23H26N6O. The number of imidazole rings is 1. The van der Waals surface area contributed by atoms with Crippen LogP contribution in [0.3, 0.4) is 0 Å². The molecule has 4 heterocycles. The summed E-state index contributed by atoms with van der Waals surface area (Å²) >= 11 is 0. The molecule has 2 bridgehead atoms. The van der Waals surface area contributed by atoms with Crippen LogP contribution in [-0.2, 0) is 25.8 Å². The number of carbonyl (C=O) groups is 1. The molecule has 2 amide bonds. The van der Waals surface area contributed by atoms with Gasteiger partial charge in [0.05, 0.1) is 5.52 Å². The first-order valence-corrected chi connectivity index (χ1v) is 11.0. The number of nitrogen functional groups attached to an aromatic ring is 1. The SMILES string of the molecule is Nc1nc2c(c3c1nc1n3CC3c4cccc(c4)NC(=O)NCCC3C1)CCCC2. The van der Waals surface area contributed by atoms with E-state index < -0.39 is 0 Å². The number of urea groups is 1. The Kier molecular flexibility index (Phi) is 3.97. The minimum atomic E-state index is -0.140.